The number of carbonyl (C=O) groups is 2. The maximum absolute atomic E-state index is 12.7. The zero-order chi connectivity index (χ0) is 18.7. The lowest BCUT2D eigenvalue weighted by Gasteiger charge is -2.24. The number of nitrogens with two attached hydrogens (primary N) is 1. The molecule has 0 unspecified atom stereocenters. The number of nitrogens with zero attached hydrogens (tertiary/aromatic N) is 2. The number of rotatable bonds is 5. The van der Waals surface area contributed by atoms with Crippen LogP contribution < -0.4 is 10.6 Å². The lowest BCUT2D eigenvalue weighted by atomic mass is 10.2. The molecule has 2 aromatic carbocycles. The van der Waals surface area contributed by atoms with Crippen molar-refractivity contribution in [2.24, 2.45) is 0 Å². The standard InChI is InChI=1S/C19H19N3O3S/c1-3-22(14-7-5-4-6-8-14)17(23)12(2)25-18(24)13-9-10-15-16(11-13)26-19(20)21-15/h4-12H,3H2,1-2H3,(H2,20,21)/t12-/m0/s1. The van der Waals surface area contributed by atoms with Crippen LogP contribution in [0.4, 0.5) is 10.8 Å². The normalized spacial score (nSPS) is 11.9. The molecule has 0 radical (unpaired) electrons. The fourth-order valence-corrected chi connectivity index (χ4v) is 3.41. The maximum atomic E-state index is 12.7. The van der Waals surface area contributed by atoms with Gasteiger partial charge < -0.3 is 15.4 Å². The number of nitrogen functional groups attached to an aromatic ring is 1. The molecule has 134 valence electrons. The second-order valence-electron chi connectivity index (χ2n) is 5.70. The average Bonchev–Trinajstić information content (AvgIpc) is 3.02. The molecular weight excluding hydrogens is 350 g/mol. The van der Waals surface area contributed by atoms with Crippen LogP contribution >= 0.6 is 11.3 Å². The monoisotopic (exact) mass is 369 g/mol. The molecule has 26 heavy (non-hydrogen) atoms. The molecule has 0 saturated heterocycles. The highest BCUT2D eigenvalue weighted by Crippen LogP contribution is 2.25. The SMILES string of the molecule is CCN(C(=O)[C@H](C)OC(=O)c1ccc2nc(N)sc2c1)c1ccccc1. The highest BCUT2D eigenvalue weighted by Gasteiger charge is 2.24. The van der Waals surface area contributed by atoms with Gasteiger partial charge in [0.1, 0.15) is 0 Å². The Morgan fingerprint density at radius 1 is 1.23 bits per heavy atom. The highest BCUT2D eigenvalue weighted by atomic mass is 32.1. The molecule has 6 nitrogen and oxygen atoms in total. The summed E-state index contributed by atoms with van der Waals surface area (Å²) >= 11 is 1.30. The number of hydrogen-bond acceptors (Lipinski definition) is 6. The van der Waals surface area contributed by atoms with Crippen LogP contribution in [0, 0.1) is 0 Å². The third-order valence-corrected chi connectivity index (χ3v) is 4.77. The van der Waals surface area contributed by atoms with Crippen molar-refractivity contribution < 1.29 is 14.3 Å². The van der Waals surface area contributed by atoms with E-state index < -0.39 is 12.1 Å². The summed E-state index contributed by atoms with van der Waals surface area (Å²) in [4.78, 5) is 30.8. The van der Waals surface area contributed by atoms with Gasteiger partial charge in [0, 0.05) is 12.2 Å². The molecule has 0 aliphatic heterocycles. The van der Waals surface area contributed by atoms with Crippen molar-refractivity contribution in [3.05, 3.63) is 54.1 Å². The number of thiazole rings is 1. The molecule has 0 bridgehead atoms. The minimum atomic E-state index is -0.898. The summed E-state index contributed by atoms with van der Waals surface area (Å²) in [5.41, 5.74) is 7.55. The minimum Gasteiger partial charge on any atom is -0.449 e. The number of para-hydroxylation sites is 1. The van der Waals surface area contributed by atoms with Gasteiger partial charge in [-0.3, -0.25) is 4.79 Å². The van der Waals surface area contributed by atoms with Crippen LogP contribution in [0.1, 0.15) is 24.2 Å². The van der Waals surface area contributed by atoms with E-state index in [-0.39, 0.29) is 5.91 Å². The Labute approximate surface area is 155 Å². The summed E-state index contributed by atoms with van der Waals surface area (Å²) in [5.74, 6) is -0.820. The van der Waals surface area contributed by atoms with Gasteiger partial charge in [-0.2, -0.15) is 0 Å². The van der Waals surface area contributed by atoms with E-state index in [0.717, 1.165) is 15.9 Å². The van der Waals surface area contributed by atoms with Crippen LogP contribution in [0.15, 0.2) is 48.5 Å². The third-order valence-electron chi connectivity index (χ3n) is 3.92. The number of fused-ring (bicyclic) bond motifs is 1. The van der Waals surface area contributed by atoms with E-state index >= 15 is 0 Å². The molecule has 1 heterocycles. The third kappa shape index (κ3) is 3.67. The topological polar surface area (TPSA) is 85.5 Å². The molecule has 0 fully saturated rings. The van der Waals surface area contributed by atoms with E-state index in [9.17, 15) is 9.59 Å². The van der Waals surface area contributed by atoms with Gasteiger partial charge in [0.05, 0.1) is 15.8 Å². The number of likely N-dealkylation sites (N-methyl/N-ethyl adjacent to an activating group) is 1. The molecule has 2 N–H and O–H groups in total. The van der Waals surface area contributed by atoms with Crippen molar-refractivity contribution in [3.63, 3.8) is 0 Å². The minimum absolute atomic E-state index is 0.268. The number of carbonyl (C=O) groups excluding carboxylic acids is 2. The zero-order valence-corrected chi connectivity index (χ0v) is 15.3. The number of hydrogen-bond donors (Lipinski definition) is 1. The Morgan fingerprint density at radius 3 is 2.65 bits per heavy atom. The van der Waals surface area contributed by atoms with Gasteiger partial charge in [-0.05, 0) is 44.2 Å². The quantitative estimate of drug-likeness (QED) is 0.696. The van der Waals surface area contributed by atoms with Crippen LogP contribution in [0.3, 0.4) is 0 Å². The molecule has 0 spiro atoms. The summed E-state index contributed by atoms with van der Waals surface area (Å²) in [6.45, 7) is 3.94. The molecule has 1 atom stereocenters. The number of aromatic nitrogens is 1. The number of anilines is 2. The van der Waals surface area contributed by atoms with Crippen LogP contribution in [0.5, 0.6) is 0 Å². The van der Waals surface area contributed by atoms with Crippen molar-refractivity contribution in [1.29, 1.82) is 0 Å². The fraction of sp³-hybridized carbons (Fsp3) is 0.211. The Balaban J connectivity index is 1.73. The first-order chi connectivity index (χ1) is 12.5. The van der Waals surface area contributed by atoms with E-state index in [1.54, 1.807) is 30.0 Å². The zero-order valence-electron chi connectivity index (χ0n) is 14.5. The largest absolute Gasteiger partial charge is 0.449 e. The van der Waals surface area contributed by atoms with Crippen molar-refractivity contribution in [1.82, 2.24) is 4.98 Å². The lowest BCUT2D eigenvalue weighted by Crippen LogP contribution is -2.40. The van der Waals surface area contributed by atoms with Gasteiger partial charge in [-0.1, -0.05) is 29.5 Å². The number of amides is 1. The smallest absolute Gasteiger partial charge is 0.338 e. The van der Waals surface area contributed by atoms with E-state index in [1.807, 2.05) is 37.3 Å². The van der Waals surface area contributed by atoms with E-state index in [4.69, 9.17) is 10.5 Å². The fourth-order valence-electron chi connectivity index (χ4n) is 2.64. The molecule has 0 saturated carbocycles. The summed E-state index contributed by atoms with van der Waals surface area (Å²) in [6, 6.07) is 14.3. The predicted molar refractivity (Wildman–Crippen MR) is 103 cm³/mol. The highest BCUT2D eigenvalue weighted by molar-refractivity contribution is 7.22. The van der Waals surface area contributed by atoms with E-state index in [2.05, 4.69) is 4.98 Å². The molecule has 0 aliphatic carbocycles. The molecule has 0 aliphatic rings. The second kappa shape index (κ2) is 7.53. The van der Waals surface area contributed by atoms with Crippen molar-refractivity contribution in [2.75, 3.05) is 17.2 Å². The van der Waals surface area contributed by atoms with Gasteiger partial charge in [-0.15, -0.1) is 0 Å². The first-order valence-corrected chi connectivity index (χ1v) is 9.04. The van der Waals surface area contributed by atoms with Crippen LogP contribution in [-0.4, -0.2) is 29.5 Å². The maximum Gasteiger partial charge on any atom is 0.338 e. The van der Waals surface area contributed by atoms with Crippen molar-refractivity contribution >= 4 is 44.2 Å². The summed E-state index contributed by atoms with van der Waals surface area (Å²) < 4.78 is 6.18. The Bertz CT molecular complexity index is 940. The number of esters is 1. The van der Waals surface area contributed by atoms with Gasteiger partial charge in [0.15, 0.2) is 11.2 Å². The van der Waals surface area contributed by atoms with Gasteiger partial charge >= 0.3 is 5.97 Å². The first-order valence-electron chi connectivity index (χ1n) is 8.23. The average molecular weight is 369 g/mol. The summed E-state index contributed by atoms with van der Waals surface area (Å²) in [7, 11) is 0. The molecule has 1 amide bonds. The van der Waals surface area contributed by atoms with E-state index in [1.165, 1.54) is 11.3 Å². The Kier molecular flexibility index (Phi) is 5.18. The predicted octanol–water partition coefficient (Wildman–Crippen LogP) is 3.48. The second-order valence-corrected chi connectivity index (χ2v) is 6.76. The summed E-state index contributed by atoms with van der Waals surface area (Å²) in [5, 5.41) is 0.440. The molecular formula is C19H19N3O3S. The van der Waals surface area contributed by atoms with Crippen LogP contribution in [0.25, 0.3) is 10.2 Å². The molecule has 7 heteroatoms. The molecule has 1 aromatic heterocycles. The van der Waals surface area contributed by atoms with Gasteiger partial charge in [-0.25, -0.2) is 9.78 Å². The van der Waals surface area contributed by atoms with Gasteiger partial charge in [0.2, 0.25) is 0 Å². The van der Waals surface area contributed by atoms with Crippen molar-refractivity contribution in [2.45, 2.75) is 20.0 Å². The van der Waals surface area contributed by atoms with Crippen molar-refractivity contribution in [3.8, 4) is 0 Å². The Morgan fingerprint density at radius 2 is 1.96 bits per heavy atom. The first kappa shape index (κ1) is 17.9. The van der Waals surface area contributed by atoms with Crippen LogP contribution in [0.2, 0.25) is 0 Å². The number of benzene rings is 2. The lowest BCUT2D eigenvalue weighted by molar-refractivity contribution is -0.126. The summed E-state index contributed by atoms with van der Waals surface area (Å²) in [6.07, 6.45) is -0.898. The Hall–Kier alpha value is -2.93. The molecule has 3 aromatic rings. The van der Waals surface area contributed by atoms with Gasteiger partial charge in [0.25, 0.3) is 5.91 Å². The number of ether oxygens (including phenoxy) is 1. The van der Waals surface area contributed by atoms with E-state index in [0.29, 0.717) is 17.2 Å². The molecule has 3 rings (SSSR count). The van der Waals surface area contributed by atoms with Crippen LogP contribution in [-0.2, 0) is 9.53 Å².